The van der Waals surface area contributed by atoms with Crippen molar-refractivity contribution < 1.29 is 4.74 Å². The molecule has 7 heteroatoms. The van der Waals surface area contributed by atoms with Crippen molar-refractivity contribution >= 4 is 34.6 Å². The molecule has 5 nitrogen and oxygen atoms in total. The molecule has 1 N–H and O–H groups in total. The van der Waals surface area contributed by atoms with E-state index in [1.807, 2.05) is 60.8 Å². The van der Waals surface area contributed by atoms with Crippen molar-refractivity contribution in [3.05, 3.63) is 106 Å². The lowest BCUT2D eigenvalue weighted by Gasteiger charge is -2.29. The molecule has 0 radical (unpaired) electrons. The molecule has 1 saturated heterocycles. The zero-order valence-corrected chi connectivity index (χ0v) is 21.7. The lowest BCUT2D eigenvalue weighted by Crippen LogP contribution is -2.30. The number of benzene rings is 2. The summed E-state index contributed by atoms with van der Waals surface area (Å²) < 4.78 is 8.00. The number of nitrogens with one attached hydrogen (secondary N) is 1. The number of hydrogen-bond donors (Lipinski definition) is 1. The van der Waals surface area contributed by atoms with Gasteiger partial charge in [0.05, 0.1) is 30.6 Å². The van der Waals surface area contributed by atoms with E-state index in [1.165, 1.54) is 0 Å². The van der Waals surface area contributed by atoms with Gasteiger partial charge in [-0.1, -0.05) is 35.9 Å². The lowest BCUT2D eigenvalue weighted by molar-refractivity contribution is 0.414. The number of anilines is 1. The summed E-state index contributed by atoms with van der Waals surface area (Å²) in [7, 11) is 1.68. The van der Waals surface area contributed by atoms with E-state index in [0.29, 0.717) is 5.11 Å². The monoisotopic (exact) mass is 502 g/mol. The third-order valence-corrected chi connectivity index (χ3v) is 7.44. The highest BCUT2D eigenvalue weighted by Gasteiger charge is 2.43. The first-order chi connectivity index (χ1) is 16.9. The van der Waals surface area contributed by atoms with Crippen molar-refractivity contribution in [3.8, 4) is 11.4 Å². The zero-order chi connectivity index (χ0) is 24.7. The molecule has 2 unspecified atom stereocenters. The van der Waals surface area contributed by atoms with Crippen LogP contribution in [0.1, 0.15) is 40.3 Å². The third-order valence-electron chi connectivity index (χ3n) is 6.71. The number of aryl methyl sites for hydroxylation is 1. The maximum atomic E-state index is 6.49. The zero-order valence-electron chi connectivity index (χ0n) is 20.1. The van der Waals surface area contributed by atoms with Crippen LogP contribution in [0, 0.1) is 20.8 Å². The topological polar surface area (TPSA) is 42.3 Å². The molecule has 5 rings (SSSR count). The quantitative estimate of drug-likeness (QED) is 0.310. The Kier molecular flexibility index (Phi) is 6.26. The number of hydrogen-bond acceptors (Lipinski definition) is 3. The SMILES string of the molecule is COc1ccccc1N1C(=S)NC(c2ccccn2)C1c1cc(C)n(-c2cccc(Cl)c2C)c1C. The fraction of sp³-hybridized carbons (Fsp3) is 0.214. The number of halogens is 1. The average molecular weight is 503 g/mol. The molecule has 2 aromatic carbocycles. The van der Waals surface area contributed by atoms with Crippen molar-refractivity contribution in [1.82, 2.24) is 14.9 Å². The molecule has 0 saturated carbocycles. The van der Waals surface area contributed by atoms with Gasteiger partial charge >= 0.3 is 0 Å². The molecule has 2 atom stereocenters. The highest BCUT2D eigenvalue weighted by molar-refractivity contribution is 7.80. The summed E-state index contributed by atoms with van der Waals surface area (Å²) in [5, 5.41) is 4.93. The second-order valence-electron chi connectivity index (χ2n) is 8.71. The Balaban J connectivity index is 1.72. The first-order valence-electron chi connectivity index (χ1n) is 11.5. The Hall–Kier alpha value is -3.35. The smallest absolute Gasteiger partial charge is 0.174 e. The van der Waals surface area contributed by atoms with E-state index in [9.17, 15) is 0 Å². The van der Waals surface area contributed by atoms with Gasteiger partial charge in [-0.2, -0.15) is 0 Å². The van der Waals surface area contributed by atoms with E-state index < -0.39 is 0 Å². The van der Waals surface area contributed by atoms with Gasteiger partial charge in [0.1, 0.15) is 5.75 Å². The molecule has 0 amide bonds. The van der Waals surface area contributed by atoms with E-state index in [-0.39, 0.29) is 12.1 Å². The second-order valence-corrected chi connectivity index (χ2v) is 9.51. The minimum absolute atomic E-state index is 0.131. The van der Waals surface area contributed by atoms with Crippen molar-refractivity contribution in [2.45, 2.75) is 32.9 Å². The van der Waals surface area contributed by atoms with E-state index in [0.717, 1.165) is 50.4 Å². The summed E-state index contributed by atoms with van der Waals surface area (Å²) in [6.45, 7) is 6.33. The van der Waals surface area contributed by atoms with Gasteiger partial charge in [-0.05, 0) is 86.6 Å². The normalized spacial score (nSPS) is 17.5. The molecule has 1 aliphatic rings. The van der Waals surface area contributed by atoms with Gasteiger partial charge in [-0.3, -0.25) is 4.98 Å². The molecule has 0 bridgehead atoms. The highest BCUT2D eigenvalue weighted by Crippen LogP contribution is 2.46. The van der Waals surface area contributed by atoms with Crippen molar-refractivity contribution in [2.24, 2.45) is 0 Å². The van der Waals surface area contributed by atoms with Crippen LogP contribution >= 0.6 is 23.8 Å². The van der Waals surface area contributed by atoms with Crippen LogP contribution in [0.2, 0.25) is 5.02 Å². The summed E-state index contributed by atoms with van der Waals surface area (Å²) >= 11 is 12.4. The van der Waals surface area contributed by atoms with Crippen LogP contribution in [0.15, 0.2) is 72.9 Å². The van der Waals surface area contributed by atoms with Crippen LogP contribution in [-0.4, -0.2) is 21.8 Å². The Bertz CT molecular complexity index is 1400. The molecule has 35 heavy (non-hydrogen) atoms. The molecule has 4 aromatic rings. The van der Waals surface area contributed by atoms with Gasteiger partial charge in [0.25, 0.3) is 0 Å². The molecular formula is C28H27ClN4OS. The summed E-state index contributed by atoms with van der Waals surface area (Å²) in [4.78, 5) is 6.84. The Labute approximate surface area is 216 Å². The van der Waals surface area contributed by atoms with Crippen LogP contribution in [0.5, 0.6) is 5.75 Å². The van der Waals surface area contributed by atoms with Crippen LogP contribution < -0.4 is 15.0 Å². The summed E-state index contributed by atoms with van der Waals surface area (Å²) in [6.07, 6.45) is 1.82. The van der Waals surface area contributed by atoms with Gasteiger partial charge < -0.3 is 19.5 Å². The maximum Gasteiger partial charge on any atom is 0.174 e. The second kappa shape index (κ2) is 9.36. The Morgan fingerprint density at radius 1 is 0.971 bits per heavy atom. The van der Waals surface area contributed by atoms with Crippen molar-refractivity contribution in [1.29, 1.82) is 0 Å². The van der Waals surface area contributed by atoms with Gasteiger partial charge in [0.15, 0.2) is 5.11 Å². The predicted octanol–water partition coefficient (Wildman–Crippen LogP) is 6.64. The summed E-state index contributed by atoms with van der Waals surface area (Å²) in [6, 6.07) is 22.0. The minimum atomic E-state index is -0.136. The van der Waals surface area contributed by atoms with E-state index >= 15 is 0 Å². The van der Waals surface area contributed by atoms with Crippen LogP contribution in [0.3, 0.4) is 0 Å². The fourth-order valence-corrected chi connectivity index (χ4v) is 5.56. The Morgan fingerprint density at radius 2 is 1.71 bits per heavy atom. The molecule has 1 aliphatic heterocycles. The number of pyridine rings is 1. The number of rotatable bonds is 5. The highest BCUT2D eigenvalue weighted by atomic mass is 35.5. The number of ether oxygens (including phenoxy) is 1. The number of methoxy groups -OCH3 is 1. The van der Waals surface area contributed by atoms with Gasteiger partial charge in [0, 0.05) is 28.3 Å². The predicted molar refractivity (Wildman–Crippen MR) is 146 cm³/mol. The fourth-order valence-electron chi connectivity index (χ4n) is 5.06. The minimum Gasteiger partial charge on any atom is -0.495 e. The number of nitrogens with zero attached hydrogens (tertiary/aromatic N) is 3. The van der Waals surface area contributed by atoms with E-state index in [4.69, 9.17) is 28.6 Å². The Morgan fingerprint density at radius 3 is 2.46 bits per heavy atom. The number of aromatic nitrogens is 2. The first kappa shape index (κ1) is 23.4. The molecule has 2 aromatic heterocycles. The summed E-state index contributed by atoms with van der Waals surface area (Å²) in [5.41, 5.74) is 7.39. The van der Waals surface area contributed by atoms with Crippen LogP contribution in [0.4, 0.5) is 5.69 Å². The maximum absolute atomic E-state index is 6.49. The molecule has 1 fully saturated rings. The standard InChI is InChI=1S/C28H27ClN4OS/c1-17-16-20(19(3)32(17)23-13-9-10-21(29)18(23)2)27-26(22-11-7-8-15-30-22)31-28(35)33(27)24-12-5-6-14-25(24)34-4/h5-16,26-27H,1-4H3,(H,31,35). The van der Waals surface area contributed by atoms with Gasteiger partial charge in [-0.25, -0.2) is 0 Å². The molecule has 3 heterocycles. The first-order valence-corrected chi connectivity index (χ1v) is 12.3. The van der Waals surface area contributed by atoms with E-state index in [1.54, 1.807) is 7.11 Å². The summed E-state index contributed by atoms with van der Waals surface area (Å²) in [5.74, 6) is 0.766. The van der Waals surface area contributed by atoms with Crippen LogP contribution in [0.25, 0.3) is 5.69 Å². The molecular weight excluding hydrogens is 476 g/mol. The van der Waals surface area contributed by atoms with Gasteiger partial charge in [-0.15, -0.1) is 0 Å². The van der Waals surface area contributed by atoms with E-state index in [2.05, 4.69) is 52.7 Å². The van der Waals surface area contributed by atoms with Crippen LogP contribution in [-0.2, 0) is 0 Å². The average Bonchev–Trinajstić information content (AvgIpc) is 3.36. The number of thiocarbonyl (C=S) groups is 1. The van der Waals surface area contributed by atoms with Gasteiger partial charge in [0.2, 0.25) is 0 Å². The molecule has 178 valence electrons. The number of para-hydroxylation sites is 2. The lowest BCUT2D eigenvalue weighted by atomic mass is 9.96. The molecule has 0 spiro atoms. The van der Waals surface area contributed by atoms with Crippen molar-refractivity contribution in [3.63, 3.8) is 0 Å². The largest absolute Gasteiger partial charge is 0.495 e. The molecule has 0 aliphatic carbocycles. The third kappa shape index (κ3) is 3.97. The van der Waals surface area contributed by atoms with Crippen molar-refractivity contribution in [2.75, 3.05) is 12.0 Å².